The molecule has 4 heteroatoms. The zero-order valence-corrected chi connectivity index (χ0v) is 21.2. The summed E-state index contributed by atoms with van der Waals surface area (Å²) in [6, 6.07) is 34.3. The summed E-state index contributed by atoms with van der Waals surface area (Å²) in [5, 5.41) is 0. The third-order valence-corrected chi connectivity index (χ3v) is 7.65. The summed E-state index contributed by atoms with van der Waals surface area (Å²) in [5.74, 6) is 0. The first-order valence-electron chi connectivity index (χ1n) is 12.5. The van der Waals surface area contributed by atoms with Crippen molar-refractivity contribution >= 4 is 41.8 Å². The molecule has 6 rings (SSSR count). The van der Waals surface area contributed by atoms with Gasteiger partial charge in [0.15, 0.2) is 0 Å². The predicted octanol–water partition coefficient (Wildman–Crippen LogP) is 7.61. The van der Waals surface area contributed by atoms with E-state index in [1.165, 1.54) is 16.7 Å². The van der Waals surface area contributed by atoms with Crippen molar-refractivity contribution in [1.29, 1.82) is 0 Å². The average molecular weight is 471 g/mol. The molecule has 0 spiro atoms. The zero-order valence-electron chi connectivity index (χ0n) is 21.2. The Hall–Kier alpha value is -3.60. The van der Waals surface area contributed by atoms with E-state index in [0.717, 1.165) is 28.1 Å². The standard InChI is InChI=1S/C32H30BNO2/c1-31(2)32(3,4)36-33(35-31)27-18-20-30-26(22-27)16-15-25-21-24(23-11-7-5-8-12-23)17-19-29(25)34(30)28-13-9-6-10-14-28/h5-22H,1-4H3. The third kappa shape index (κ3) is 3.87. The van der Waals surface area contributed by atoms with Gasteiger partial charge in [0.1, 0.15) is 0 Å². The molecule has 1 fully saturated rings. The van der Waals surface area contributed by atoms with Crippen LogP contribution in [0.5, 0.6) is 0 Å². The van der Waals surface area contributed by atoms with Crippen molar-refractivity contribution in [2.45, 2.75) is 38.9 Å². The molecule has 2 aliphatic heterocycles. The second kappa shape index (κ2) is 8.51. The van der Waals surface area contributed by atoms with Crippen LogP contribution >= 0.6 is 0 Å². The summed E-state index contributed by atoms with van der Waals surface area (Å²) >= 11 is 0. The maximum absolute atomic E-state index is 6.35. The van der Waals surface area contributed by atoms with E-state index in [4.69, 9.17) is 9.31 Å². The van der Waals surface area contributed by atoms with E-state index < -0.39 is 7.12 Å². The number of hydrogen-bond donors (Lipinski definition) is 0. The summed E-state index contributed by atoms with van der Waals surface area (Å²) in [4.78, 5) is 2.34. The van der Waals surface area contributed by atoms with E-state index in [1.54, 1.807) is 0 Å². The second-order valence-corrected chi connectivity index (χ2v) is 10.6. The van der Waals surface area contributed by atoms with Gasteiger partial charge < -0.3 is 14.2 Å². The van der Waals surface area contributed by atoms with Gasteiger partial charge in [-0.15, -0.1) is 0 Å². The summed E-state index contributed by atoms with van der Waals surface area (Å²) in [5.41, 5.74) is 8.41. The number of benzene rings is 4. The van der Waals surface area contributed by atoms with Gasteiger partial charge in [0.2, 0.25) is 0 Å². The molecule has 0 aliphatic carbocycles. The van der Waals surface area contributed by atoms with Crippen molar-refractivity contribution in [2.75, 3.05) is 4.90 Å². The van der Waals surface area contributed by atoms with E-state index in [1.807, 2.05) is 0 Å². The van der Waals surface area contributed by atoms with E-state index in [-0.39, 0.29) is 11.2 Å². The summed E-state index contributed by atoms with van der Waals surface area (Å²) < 4.78 is 12.7. The monoisotopic (exact) mass is 471 g/mol. The maximum Gasteiger partial charge on any atom is 0.494 e. The van der Waals surface area contributed by atoms with Crippen LogP contribution in [0.1, 0.15) is 38.8 Å². The lowest BCUT2D eigenvalue weighted by atomic mass is 9.78. The van der Waals surface area contributed by atoms with Gasteiger partial charge >= 0.3 is 7.12 Å². The molecule has 0 atom stereocenters. The number of anilines is 3. The molecule has 0 saturated carbocycles. The Kier molecular flexibility index (Phi) is 5.40. The first kappa shape index (κ1) is 22.8. The SMILES string of the molecule is CC1(C)OB(c2ccc3c(c2)C=Cc2cc(-c4ccccc4)ccc2N3c2ccccc2)OC1(C)C. The van der Waals surface area contributed by atoms with Crippen LogP contribution < -0.4 is 10.4 Å². The quantitative estimate of drug-likeness (QED) is 0.253. The highest BCUT2D eigenvalue weighted by Crippen LogP contribution is 2.43. The Morgan fingerprint density at radius 3 is 1.78 bits per heavy atom. The molecule has 1 saturated heterocycles. The highest BCUT2D eigenvalue weighted by molar-refractivity contribution is 6.62. The minimum absolute atomic E-state index is 0.375. The molecule has 0 aromatic heterocycles. The van der Waals surface area contributed by atoms with Crippen LogP contribution in [-0.2, 0) is 9.31 Å². The van der Waals surface area contributed by atoms with Crippen LogP contribution in [0.3, 0.4) is 0 Å². The van der Waals surface area contributed by atoms with Crippen LogP contribution in [0.15, 0.2) is 97.1 Å². The van der Waals surface area contributed by atoms with Crippen LogP contribution in [0.2, 0.25) is 0 Å². The van der Waals surface area contributed by atoms with Crippen molar-refractivity contribution < 1.29 is 9.31 Å². The van der Waals surface area contributed by atoms with E-state index in [9.17, 15) is 0 Å². The van der Waals surface area contributed by atoms with Crippen molar-refractivity contribution in [1.82, 2.24) is 0 Å². The molecule has 0 N–H and O–H groups in total. The molecule has 0 unspecified atom stereocenters. The highest BCUT2D eigenvalue weighted by Gasteiger charge is 2.51. The molecule has 178 valence electrons. The van der Waals surface area contributed by atoms with Gasteiger partial charge in [-0.25, -0.2) is 0 Å². The van der Waals surface area contributed by atoms with Gasteiger partial charge in [0.05, 0.1) is 22.6 Å². The number of para-hydroxylation sites is 1. The van der Waals surface area contributed by atoms with Gasteiger partial charge in [0, 0.05) is 5.69 Å². The zero-order chi connectivity index (χ0) is 24.9. The summed E-state index contributed by atoms with van der Waals surface area (Å²) in [6.07, 6.45) is 4.43. The van der Waals surface area contributed by atoms with E-state index in [0.29, 0.717) is 0 Å². The largest absolute Gasteiger partial charge is 0.494 e. The number of hydrogen-bond acceptors (Lipinski definition) is 3. The van der Waals surface area contributed by atoms with Gasteiger partial charge in [0.25, 0.3) is 0 Å². The Morgan fingerprint density at radius 2 is 1.14 bits per heavy atom. The molecule has 0 amide bonds. The van der Waals surface area contributed by atoms with Crippen LogP contribution in [0.25, 0.3) is 23.3 Å². The molecule has 2 heterocycles. The normalized spacial score (nSPS) is 17.4. The Labute approximate surface area is 214 Å². The molecular formula is C32H30BNO2. The van der Waals surface area contributed by atoms with Gasteiger partial charge in [-0.1, -0.05) is 78.9 Å². The molecule has 2 aliphatic rings. The average Bonchev–Trinajstić information content (AvgIpc) is 3.01. The topological polar surface area (TPSA) is 21.7 Å². The first-order valence-corrected chi connectivity index (χ1v) is 12.5. The number of fused-ring (bicyclic) bond motifs is 2. The van der Waals surface area contributed by atoms with Gasteiger partial charge in [-0.2, -0.15) is 0 Å². The fraction of sp³-hybridized carbons (Fsp3) is 0.188. The van der Waals surface area contributed by atoms with E-state index >= 15 is 0 Å². The Bertz CT molecular complexity index is 1430. The van der Waals surface area contributed by atoms with Crippen molar-refractivity contribution in [3.63, 3.8) is 0 Å². The van der Waals surface area contributed by atoms with Gasteiger partial charge in [-0.3, -0.25) is 0 Å². The van der Waals surface area contributed by atoms with Crippen LogP contribution in [-0.4, -0.2) is 18.3 Å². The lowest BCUT2D eigenvalue weighted by Gasteiger charge is -2.32. The smallest absolute Gasteiger partial charge is 0.399 e. The predicted molar refractivity (Wildman–Crippen MR) is 151 cm³/mol. The number of rotatable bonds is 3. The van der Waals surface area contributed by atoms with E-state index in [2.05, 4.69) is 142 Å². The molecular weight excluding hydrogens is 441 g/mol. The molecule has 36 heavy (non-hydrogen) atoms. The minimum atomic E-state index is -0.394. The van der Waals surface area contributed by atoms with Crippen molar-refractivity contribution in [3.8, 4) is 11.1 Å². The Balaban J connectivity index is 1.47. The minimum Gasteiger partial charge on any atom is -0.399 e. The molecule has 0 radical (unpaired) electrons. The van der Waals surface area contributed by atoms with Crippen molar-refractivity contribution in [2.24, 2.45) is 0 Å². The molecule has 3 nitrogen and oxygen atoms in total. The lowest BCUT2D eigenvalue weighted by molar-refractivity contribution is 0.00578. The van der Waals surface area contributed by atoms with Crippen LogP contribution in [0, 0.1) is 0 Å². The molecule has 4 aromatic rings. The molecule has 4 aromatic carbocycles. The lowest BCUT2D eigenvalue weighted by Crippen LogP contribution is -2.41. The highest BCUT2D eigenvalue weighted by atomic mass is 16.7. The fourth-order valence-corrected chi connectivity index (χ4v) is 4.90. The summed E-state index contributed by atoms with van der Waals surface area (Å²) in [7, 11) is -0.394. The first-order chi connectivity index (χ1) is 17.3. The molecule has 0 bridgehead atoms. The Morgan fingerprint density at radius 1 is 0.583 bits per heavy atom. The third-order valence-electron chi connectivity index (χ3n) is 7.65. The summed E-state index contributed by atoms with van der Waals surface area (Å²) in [6.45, 7) is 8.37. The second-order valence-electron chi connectivity index (χ2n) is 10.6. The van der Waals surface area contributed by atoms with Crippen LogP contribution in [0.4, 0.5) is 17.1 Å². The van der Waals surface area contributed by atoms with Gasteiger partial charge in [-0.05, 0) is 85.7 Å². The fourth-order valence-electron chi connectivity index (χ4n) is 4.90. The maximum atomic E-state index is 6.35. The van der Waals surface area contributed by atoms with Crippen molar-refractivity contribution in [3.05, 3.63) is 108 Å². The number of nitrogens with zero attached hydrogens (tertiary/aromatic N) is 1.